The van der Waals surface area contributed by atoms with E-state index < -0.39 is 25.7 Å². The van der Waals surface area contributed by atoms with Crippen LogP contribution in [-0.2, 0) is 8.23 Å². The van der Waals surface area contributed by atoms with Crippen LogP contribution in [0, 0.1) is 0 Å². The molecule has 0 saturated carbocycles. The molecule has 4 aromatic rings. The minimum atomic E-state index is -3.92. The van der Waals surface area contributed by atoms with Crippen LogP contribution in [0.1, 0.15) is 0 Å². The lowest BCUT2D eigenvalue weighted by atomic mass is 10.3. The summed E-state index contributed by atoms with van der Waals surface area (Å²) in [5, 5.41) is 4.06. The van der Waals surface area contributed by atoms with E-state index in [1.807, 2.05) is 91.5 Å². The highest BCUT2D eigenvalue weighted by Crippen LogP contribution is 2.20. The summed E-state index contributed by atoms with van der Waals surface area (Å²) in [7, 11) is -10.3. The highest BCUT2D eigenvalue weighted by Gasteiger charge is 2.52. The summed E-state index contributed by atoms with van der Waals surface area (Å²) in [6.45, 7) is 3.28. The van der Waals surface area contributed by atoms with Gasteiger partial charge in [0.15, 0.2) is 0 Å². The lowest BCUT2D eigenvalue weighted by molar-refractivity contribution is 0.226. The molecule has 0 saturated heterocycles. The van der Waals surface area contributed by atoms with E-state index in [1.165, 1.54) is 6.55 Å². The SMILES string of the molecule is C[Si](O)(O)O[Si](C)(O[Si](c1ccccc1)(c1ccccc1)c1ccccc1)c1ccccc1. The minimum absolute atomic E-state index is 0.853. The van der Waals surface area contributed by atoms with Crippen LogP contribution in [0.3, 0.4) is 0 Å². The molecule has 0 heterocycles. The minimum Gasteiger partial charge on any atom is -0.422 e. The van der Waals surface area contributed by atoms with Gasteiger partial charge in [-0.3, -0.25) is 0 Å². The molecule has 7 heteroatoms. The van der Waals surface area contributed by atoms with Gasteiger partial charge in [-0.05, 0) is 27.3 Å². The van der Waals surface area contributed by atoms with Gasteiger partial charge in [0.2, 0.25) is 0 Å². The Morgan fingerprint density at radius 3 is 1.06 bits per heavy atom. The average Bonchev–Trinajstić information content (AvgIpc) is 2.84. The lowest BCUT2D eigenvalue weighted by Gasteiger charge is -2.42. The first-order valence-corrected chi connectivity index (χ1v) is 17.4. The molecule has 0 radical (unpaired) electrons. The second-order valence-electron chi connectivity index (χ2n) is 8.23. The molecule has 4 aromatic carbocycles. The number of hydrogen-bond acceptors (Lipinski definition) is 4. The van der Waals surface area contributed by atoms with Gasteiger partial charge >= 0.3 is 17.4 Å². The molecule has 0 aliphatic carbocycles. The molecule has 4 rings (SSSR count). The molecule has 2 N–H and O–H groups in total. The first-order valence-electron chi connectivity index (χ1n) is 10.9. The van der Waals surface area contributed by atoms with Gasteiger partial charge in [0.1, 0.15) is 0 Å². The van der Waals surface area contributed by atoms with E-state index in [1.54, 1.807) is 0 Å². The predicted octanol–water partition coefficient (Wildman–Crippen LogP) is 2.22. The maximum Gasteiger partial charge on any atom is 0.483 e. The fourth-order valence-corrected chi connectivity index (χ4v) is 16.2. The molecule has 0 spiro atoms. The van der Waals surface area contributed by atoms with Crippen LogP contribution in [0.2, 0.25) is 13.1 Å². The van der Waals surface area contributed by atoms with Crippen molar-refractivity contribution >= 4 is 46.4 Å². The topological polar surface area (TPSA) is 58.9 Å². The molecule has 0 bridgehead atoms. The Kier molecular flexibility index (Phi) is 6.91. The highest BCUT2D eigenvalue weighted by molar-refractivity contribution is 7.11. The Balaban J connectivity index is 2.02. The van der Waals surface area contributed by atoms with Crippen LogP contribution in [0.15, 0.2) is 121 Å². The maximum absolute atomic E-state index is 10.5. The summed E-state index contributed by atoms with van der Waals surface area (Å²) in [5.74, 6) is 0. The fourth-order valence-electron chi connectivity index (χ4n) is 4.24. The van der Waals surface area contributed by atoms with Crippen molar-refractivity contribution in [3.05, 3.63) is 121 Å². The number of hydrogen-bond donors (Lipinski definition) is 2. The van der Waals surface area contributed by atoms with E-state index in [-0.39, 0.29) is 0 Å². The molecule has 1 atom stereocenters. The molecule has 0 aliphatic rings. The van der Waals surface area contributed by atoms with Gasteiger partial charge in [-0.2, -0.15) is 0 Å². The third kappa shape index (κ3) is 5.15. The van der Waals surface area contributed by atoms with Gasteiger partial charge in [0.05, 0.1) is 0 Å². The van der Waals surface area contributed by atoms with Crippen molar-refractivity contribution in [2.75, 3.05) is 0 Å². The molecular formula is C26H28O4Si3. The zero-order chi connectivity index (χ0) is 23.4. The first kappa shape index (κ1) is 23.5. The van der Waals surface area contributed by atoms with E-state index in [0.29, 0.717) is 0 Å². The van der Waals surface area contributed by atoms with Crippen LogP contribution in [0.25, 0.3) is 0 Å². The van der Waals surface area contributed by atoms with Crippen molar-refractivity contribution < 1.29 is 17.8 Å². The van der Waals surface area contributed by atoms with Gasteiger partial charge in [0, 0.05) is 6.55 Å². The molecule has 0 fully saturated rings. The van der Waals surface area contributed by atoms with E-state index in [4.69, 9.17) is 8.23 Å². The summed E-state index contributed by atoms with van der Waals surface area (Å²) >= 11 is 0. The Bertz CT molecular complexity index is 1060. The van der Waals surface area contributed by atoms with Crippen LogP contribution >= 0.6 is 0 Å². The van der Waals surface area contributed by atoms with E-state index >= 15 is 0 Å². The largest absolute Gasteiger partial charge is 0.483 e. The van der Waals surface area contributed by atoms with E-state index in [2.05, 4.69) is 36.4 Å². The van der Waals surface area contributed by atoms with Gasteiger partial charge in [0.25, 0.3) is 8.32 Å². The molecule has 33 heavy (non-hydrogen) atoms. The quantitative estimate of drug-likeness (QED) is 0.295. The smallest absolute Gasteiger partial charge is 0.422 e. The van der Waals surface area contributed by atoms with Crippen LogP contribution in [-0.4, -0.2) is 35.3 Å². The summed E-state index contributed by atoms with van der Waals surface area (Å²) in [6.07, 6.45) is 0. The standard InChI is InChI=1S/C26H28O4Si3/c1-31(29-32(2,27)28,23-15-7-3-8-16-23)30-33(24-17-9-4-10-18-24,25-19-11-5-12-20-25)26-21-13-6-14-22-26/h3-22,27-28H,1-2H3. The fraction of sp³-hybridized carbons (Fsp3) is 0.0769. The van der Waals surface area contributed by atoms with E-state index in [0.717, 1.165) is 20.7 Å². The molecule has 1 unspecified atom stereocenters. The van der Waals surface area contributed by atoms with Crippen LogP contribution in [0.4, 0.5) is 0 Å². The molecule has 168 valence electrons. The summed E-state index contributed by atoms with van der Waals surface area (Å²) in [4.78, 5) is 20.9. The zero-order valence-electron chi connectivity index (χ0n) is 18.8. The predicted molar refractivity (Wildman–Crippen MR) is 140 cm³/mol. The number of rotatable bonds is 8. The normalized spacial score (nSPS) is 13.9. The molecule has 0 amide bonds. The zero-order valence-corrected chi connectivity index (χ0v) is 21.8. The summed E-state index contributed by atoms with van der Waals surface area (Å²) < 4.78 is 13.4. The van der Waals surface area contributed by atoms with Gasteiger partial charge in [-0.25, -0.2) is 0 Å². The highest BCUT2D eigenvalue weighted by atomic mass is 28.5. The second-order valence-corrected chi connectivity index (χ2v) is 17.3. The van der Waals surface area contributed by atoms with Crippen LogP contribution < -0.4 is 20.7 Å². The van der Waals surface area contributed by atoms with Crippen molar-refractivity contribution in [1.82, 2.24) is 0 Å². The molecule has 0 aromatic heterocycles. The third-order valence-electron chi connectivity index (χ3n) is 5.58. The third-order valence-corrected chi connectivity index (χ3v) is 16.3. The molecule has 0 aliphatic heterocycles. The second kappa shape index (κ2) is 9.70. The van der Waals surface area contributed by atoms with Crippen molar-refractivity contribution in [2.24, 2.45) is 0 Å². The Morgan fingerprint density at radius 1 is 0.455 bits per heavy atom. The van der Waals surface area contributed by atoms with Crippen LogP contribution in [0.5, 0.6) is 0 Å². The molecular weight excluding hydrogens is 461 g/mol. The molecule has 4 nitrogen and oxygen atoms in total. The van der Waals surface area contributed by atoms with Crippen molar-refractivity contribution in [3.8, 4) is 0 Å². The van der Waals surface area contributed by atoms with Crippen molar-refractivity contribution in [1.29, 1.82) is 0 Å². The Morgan fingerprint density at radius 2 is 0.758 bits per heavy atom. The maximum atomic E-state index is 10.5. The average molecular weight is 489 g/mol. The monoisotopic (exact) mass is 488 g/mol. The van der Waals surface area contributed by atoms with Crippen molar-refractivity contribution in [3.63, 3.8) is 0 Å². The Hall–Kier alpha value is -2.63. The first-order chi connectivity index (χ1) is 15.8. The summed E-state index contributed by atoms with van der Waals surface area (Å²) in [6, 6.07) is 40.4. The number of benzene rings is 4. The van der Waals surface area contributed by atoms with Crippen molar-refractivity contribution in [2.45, 2.75) is 13.1 Å². The Labute approximate surface area is 198 Å². The lowest BCUT2D eigenvalue weighted by Crippen LogP contribution is -2.76. The summed E-state index contributed by atoms with van der Waals surface area (Å²) in [5.41, 5.74) is 0. The van der Waals surface area contributed by atoms with Gasteiger partial charge in [-0.1, -0.05) is 121 Å². The van der Waals surface area contributed by atoms with Gasteiger partial charge < -0.3 is 17.8 Å². The van der Waals surface area contributed by atoms with E-state index in [9.17, 15) is 9.59 Å². The van der Waals surface area contributed by atoms with Gasteiger partial charge in [-0.15, -0.1) is 0 Å².